The van der Waals surface area contributed by atoms with E-state index >= 15 is 0 Å². The van der Waals surface area contributed by atoms with Gasteiger partial charge in [-0.25, -0.2) is 14.8 Å². The van der Waals surface area contributed by atoms with Gasteiger partial charge in [0.15, 0.2) is 5.69 Å². The number of ether oxygens (including phenoxy) is 1. The molecule has 104 valence electrons. The van der Waals surface area contributed by atoms with Crippen LogP contribution >= 0.6 is 0 Å². The normalized spacial score (nSPS) is 18.5. The molecule has 1 saturated heterocycles. The zero-order valence-electron chi connectivity index (χ0n) is 11.3. The van der Waals surface area contributed by atoms with Crippen LogP contribution in [0.1, 0.15) is 35.9 Å². The third-order valence-electron chi connectivity index (χ3n) is 3.17. The number of aryl methyl sites for hydroxylation is 1. The molecule has 0 aromatic carbocycles. The van der Waals surface area contributed by atoms with Gasteiger partial charge in [-0.1, -0.05) is 0 Å². The molecule has 1 aromatic rings. The quantitative estimate of drug-likeness (QED) is 0.869. The fourth-order valence-corrected chi connectivity index (χ4v) is 2.19. The van der Waals surface area contributed by atoms with Crippen LogP contribution in [0.25, 0.3) is 0 Å². The molecule has 0 saturated carbocycles. The molecule has 1 aliphatic rings. The summed E-state index contributed by atoms with van der Waals surface area (Å²) in [4.78, 5) is 21.4. The minimum absolute atomic E-state index is 0.0355. The average molecular weight is 265 g/mol. The highest BCUT2D eigenvalue weighted by atomic mass is 16.5. The Morgan fingerprint density at radius 3 is 2.95 bits per heavy atom. The Hall–Kier alpha value is -1.69. The molecule has 0 amide bonds. The Kier molecular flexibility index (Phi) is 4.31. The number of hydrogen-bond donors (Lipinski definition) is 1. The van der Waals surface area contributed by atoms with E-state index < -0.39 is 5.97 Å². The van der Waals surface area contributed by atoms with E-state index in [9.17, 15) is 4.79 Å². The van der Waals surface area contributed by atoms with Crippen LogP contribution in [0.15, 0.2) is 6.07 Å². The summed E-state index contributed by atoms with van der Waals surface area (Å²) in [6.07, 6.45) is 2.31. The smallest absolute Gasteiger partial charge is 0.354 e. The molecule has 0 radical (unpaired) electrons. The molecule has 6 nitrogen and oxygen atoms in total. The van der Waals surface area contributed by atoms with Gasteiger partial charge >= 0.3 is 5.97 Å². The number of rotatable bonds is 5. The molecule has 0 aliphatic carbocycles. The first-order valence-electron chi connectivity index (χ1n) is 6.55. The van der Waals surface area contributed by atoms with Crippen molar-refractivity contribution in [3.63, 3.8) is 0 Å². The Morgan fingerprint density at radius 2 is 2.37 bits per heavy atom. The highest BCUT2D eigenvalue weighted by molar-refractivity contribution is 5.85. The van der Waals surface area contributed by atoms with Gasteiger partial charge in [0, 0.05) is 25.4 Å². The Bertz CT molecular complexity index is 458. The summed E-state index contributed by atoms with van der Waals surface area (Å²) in [6, 6.07) is 1.48. The highest BCUT2D eigenvalue weighted by Crippen LogP contribution is 2.17. The van der Waals surface area contributed by atoms with Crippen molar-refractivity contribution >= 4 is 11.9 Å². The van der Waals surface area contributed by atoms with Crippen molar-refractivity contribution in [2.45, 2.75) is 32.8 Å². The van der Waals surface area contributed by atoms with Crippen LogP contribution in [-0.4, -0.2) is 46.8 Å². The molecule has 2 heterocycles. The number of carbonyl (C=O) groups is 1. The first-order chi connectivity index (χ1) is 9.10. The predicted octanol–water partition coefficient (Wildman–Crippen LogP) is 1.49. The summed E-state index contributed by atoms with van der Waals surface area (Å²) in [7, 11) is 0. The second kappa shape index (κ2) is 5.97. The lowest BCUT2D eigenvalue weighted by Gasteiger charge is -2.24. The maximum absolute atomic E-state index is 11.0. The molecule has 1 atom stereocenters. The van der Waals surface area contributed by atoms with Gasteiger partial charge in [0.05, 0.1) is 6.10 Å². The van der Waals surface area contributed by atoms with E-state index in [1.54, 1.807) is 6.92 Å². The topological polar surface area (TPSA) is 75.5 Å². The lowest BCUT2D eigenvalue weighted by atomic mass is 10.2. The molecule has 1 aromatic heterocycles. The number of carboxylic acids is 1. The highest BCUT2D eigenvalue weighted by Gasteiger charge is 2.21. The van der Waals surface area contributed by atoms with Gasteiger partial charge < -0.3 is 14.7 Å². The summed E-state index contributed by atoms with van der Waals surface area (Å²) in [5.74, 6) is -0.560. The number of anilines is 1. The molecular weight excluding hydrogens is 246 g/mol. The van der Waals surface area contributed by atoms with Crippen LogP contribution in [0.4, 0.5) is 5.95 Å². The van der Waals surface area contributed by atoms with Crippen molar-refractivity contribution in [3.8, 4) is 0 Å². The van der Waals surface area contributed by atoms with Crippen LogP contribution in [0.5, 0.6) is 0 Å². The van der Waals surface area contributed by atoms with Gasteiger partial charge in [-0.3, -0.25) is 0 Å². The number of carboxylic acid groups (broad SMARTS) is 1. The maximum Gasteiger partial charge on any atom is 0.354 e. The third kappa shape index (κ3) is 3.41. The van der Waals surface area contributed by atoms with Gasteiger partial charge in [0.1, 0.15) is 0 Å². The van der Waals surface area contributed by atoms with Crippen molar-refractivity contribution in [2.24, 2.45) is 0 Å². The Labute approximate surface area is 112 Å². The van der Waals surface area contributed by atoms with E-state index in [1.165, 1.54) is 6.07 Å². The van der Waals surface area contributed by atoms with E-state index in [4.69, 9.17) is 9.84 Å². The first kappa shape index (κ1) is 13.7. The van der Waals surface area contributed by atoms with Gasteiger partial charge in [-0.2, -0.15) is 0 Å². The number of aromatic nitrogens is 2. The van der Waals surface area contributed by atoms with E-state index in [0.717, 1.165) is 26.0 Å². The lowest BCUT2D eigenvalue weighted by Crippen LogP contribution is -2.33. The standard InChI is InChI=1S/C13H19N3O3/c1-3-16(8-10-5-4-6-19-10)13-14-9(2)7-11(15-13)12(17)18/h7,10H,3-6,8H2,1-2H3,(H,17,18). The van der Waals surface area contributed by atoms with Crippen molar-refractivity contribution in [3.05, 3.63) is 17.5 Å². The van der Waals surface area contributed by atoms with Gasteiger partial charge in [0.2, 0.25) is 5.95 Å². The van der Waals surface area contributed by atoms with Crippen LogP contribution < -0.4 is 4.90 Å². The lowest BCUT2D eigenvalue weighted by molar-refractivity contribution is 0.0690. The molecule has 1 N–H and O–H groups in total. The van der Waals surface area contributed by atoms with E-state index in [1.807, 2.05) is 11.8 Å². The Morgan fingerprint density at radius 1 is 1.58 bits per heavy atom. The molecule has 0 bridgehead atoms. The van der Waals surface area contributed by atoms with Crippen LogP contribution in [0.3, 0.4) is 0 Å². The number of nitrogens with zero attached hydrogens (tertiary/aromatic N) is 3. The summed E-state index contributed by atoms with van der Waals surface area (Å²) in [5.41, 5.74) is 0.696. The van der Waals surface area contributed by atoms with Gasteiger partial charge in [0.25, 0.3) is 0 Å². The number of aromatic carboxylic acids is 1. The molecular formula is C13H19N3O3. The Balaban J connectivity index is 2.19. The second-order valence-corrected chi connectivity index (χ2v) is 4.67. The van der Waals surface area contributed by atoms with E-state index in [0.29, 0.717) is 18.2 Å². The van der Waals surface area contributed by atoms with Gasteiger partial charge in [-0.15, -0.1) is 0 Å². The molecule has 0 spiro atoms. The van der Waals surface area contributed by atoms with Crippen molar-refractivity contribution in [1.82, 2.24) is 9.97 Å². The van der Waals surface area contributed by atoms with Crippen molar-refractivity contribution in [1.29, 1.82) is 0 Å². The third-order valence-corrected chi connectivity index (χ3v) is 3.17. The van der Waals surface area contributed by atoms with Crippen molar-refractivity contribution < 1.29 is 14.6 Å². The first-order valence-corrected chi connectivity index (χ1v) is 6.55. The summed E-state index contributed by atoms with van der Waals surface area (Å²) in [6.45, 7) is 6.01. The predicted molar refractivity (Wildman–Crippen MR) is 70.6 cm³/mol. The molecule has 1 unspecified atom stereocenters. The summed E-state index contributed by atoms with van der Waals surface area (Å²) >= 11 is 0. The number of hydrogen-bond acceptors (Lipinski definition) is 5. The second-order valence-electron chi connectivity index (χ2n) is 4.67. The minimum Gasteiger partial charge on any atom is -0.477 e. The summed E-state index contributed by atoms with van der Waals surface area (Å²) in [5, 5.41) is 9.04. The zero-order valence-corrected chi connectivity index (χ0v) is 11.3. The fourth-order valence-electron chi connectivity index (χ4n) is 2.19. The SMILES string of the molecule is CCN(CC1CCCO1)c1nc(C)cc(C(=O)O)n1. The van der Waals surface area contributed by atoms with Crippen LogP contribution in [0, 0.1) is 6.92 Å². The van der Waals surface area contributed by atoms with E-state index in [2.05, 4.69) is 9.97 Å². The monoisotopic (exact) mass is 265 g/mol. The number of likely N-dealkylation sites (N-methyl/N-ethyl adjacent to an activating group) is 1. The van der Waals surface area contributed by atoms with Crippen LogP contribution in [0.2, 0.25) is 0 Å². The van der Waals surface area contributed by atoms with Crippen LogP contribution in [-0.2, 0) is 4.74 Å². The average Bonchev–Trinajstić information content (AvgIpc) is 2.88. The minimum atomic E-state index is -1.03. The zero-order chi connectivity index (χ0) is 13.8. The fraction of sp³-hybridized carbons (Fsp3) is 0.615. The molecule has 1 fully saturated rings. The summed E-state index contributed by atoms with van der Waals surface area (Å²) < 4.78 is 5.60. The maximum atomic E-state index is 11.0. The van der Waals surface area contributed by atoms with E-state index in [-0.39, 0.29) is 11.8 Å². The van der Waals surface area contributed by atoms with Gasteiger partial charge in [-0.05, 0) is 32.8 Å². The molecule has 19 heavy (non-hydrogen) atoms. The molecule has 6 heteroatoms. The molecule has 1 aliphatic heterocycles. The van der Waals surface area contributed by atoms with Crippen molar-refractivity contribution in [2.75, 3.05) is 24.6 Å². The molecule has 2 rings (SSSR count). The largest absolute Gasteiger partial charge is 0.477 e.